The number of benzene rings is 9. The summed E-state index contributed by atoms with van der Waals surface area (Å²) in [7, 11) is 0. The molecule has 0 bridgehead atoms. The molecule has 2 heteroatoms. The second-order valence-electron chi connectivity index (χ2n) is 19.7. The Morgan fingerprint density at radius 2 is 0.701 bits per heavy atom. The maximum atomic E-state index is 2.54. The highest BCUT2D eigenvalue weighted by atomic mass is 15.1. The van der Waals surface area contributed by atoms with Crippen LogP contribution in [0.3, 0.4) is 0 Å². The molecule has 0 unspecified atom stereocenters. The topological polar surface area (TPSA) is 6.48 Å². The smallest absolute Gasteiger partial charge is 0.0726 e. The largest absolute Gasteiger partial charge is 0.310 e. The lowest BCUT2D eigenvalue weighted by atomic mass is 9.70. The quantitative estimate of drug-likeness (QED) is 0.150. The van der Waals surface area contributed by atoms with E-state index in [2.05, 4.69) is 216 Å². The van der Waals surface area contributed by atoms with Crippen molar-refractivity contribution in [2.45, 2.75) is 81.5 Å². The number of hydrogen-bond donors (Lipinski definition) is 0. The fourth-order valence-corrected chi connectivity index (χ4v) is 12.8. The van der Waals surface area contributed by atoms with Crippen molar-refractivity contribution < 1.29 is 0 Å². The third-order valence-corrected chi connectivity index (χ3v) is 16.0. The lowest BCUT2D eigenvalue weighted by molar-refractivity contribution is 0.443. The lowest BCUT2D eigenvalue weighted by Gasteiger charge is -2.32. The molecule has 9 aromatic carbocycles. The van der Waals surface area contributed by atoms with E-state index >= 15 is 0 Å². The van der Waals surface area contributed by atoms with Crippen LogP contribution < -0.4 is 9.80 Å². The van der Waals surface area contributed by atoms with Crippen LogP contribution in [0.1, 0.15) is 109 Å². The third-order valence-electron chi connectivity index (χ3n) is 16.0. The summed E-state index contributed by atoms with van der Waals surface area (Å²) < 4.78 is 0. The molecule has 0 aliphatic heterocycles. The van der Waals surface area contributed by atoms with Crippen LogP contribution in [0.2, 0.25) is 0 Å². The van der Waals surface area contributed by atoms with E-state index < -0.39 is 5.41 Å². The summed E-state index contributed by atoms with van der Waals surface area (Å²) >= 11 is 0. The Balaban J connectivity index is 0.981. The van der Waals surface area contributed by atoms with E-state index in [1.165, 1.54) is 148 Å². The number of anilines is 6. The molecular formula is C65H56N2. The summed E-state index contributed by atoms with van der Waals surface area (Å²) in [5.74, 6) is 1.34. The number of rotatable bonds is 8. The minimum Gasteiger partial charge on any atom is -0.310 e. The van der Waals surface area contributed by atoms with Crippen molar-refractivity contribution in [1.29, 1.82) is 0 Å². The Labute approximate surface area is 396 Å². The molecule has 1 spiro atoms. The standard InChI is InChI=1S/C65H56N2/c1-5-17-45(18-6-1)47-29-34-53(35-30-47)66(51-21-9-3-10-22-51)55-38-33-49-42-60-59-40-39-56(67(52-23-11-4-12-24-52)54-36-31-48(32-37-54)46-19-7-2-8-20-46)44-64(59)65(63(60)43-50(49)41-55)61-27-15-13-25-57(61)58-26-14-16-28-62(58)65/h3-4,9-16,21-46H,1-2,5-8,17-20H2. The molecule has 2 saturated carbocycles. The third kappa shape index (κ3) is 6.67. The van der Waals surface area contributed by atoms with Crippen LogP contribution in [-0.4, -0.2) is 0 Å². The molecule has 4 aliphatic rings. The summed E-state index contributed by atoms with van der Waals surface area (Å²) in [6, 6.07) is 78.7. The summed E-state index contributed by atoms with van der Waals surface area (Å²) in [4.78, 5) is 4.91. The monoisotopic (exact) mass is 864 g/mol. The molecule has 4 aliphatic carbocycles. The Hall–Kier alpha value is -7.16. The number of fused-ring (bicyclic) bond motifs is 11. The summed E-state index contributed by atoms with van der Waals surface area (Å²) in [6.45, 7) is 0. The molecule has 13 rings (SSSR count). The predicted octanol–water partition coefficient (Wildman–Crippen LogP) is 18.2. The Morgan fingerprint density at radius 3 is 1.24 bits per heavy atom. The van der Waals surface area contributed by atoms with Crippen molar-refractivity contribution in [2.75, 3.05) is 9.80 Å². The fourth-order valence-electron chi connectivity index (χ4n) is 12.8. The van der Waals surface area contributed by atoms with Crippen molar-refractivity contribution in [2.24, 2.45) is 0 Å². The first-order chi connectivity index (χ1) is 33.2. The number of hydrogen-bond acceptors (Lipinski definition) is 2. The molecule has 0 saturated heterocycles. The van der Waals surface area contributed by atoms with E-state index in [0.717, 1.165) is 17.1 Å². The van der Waals surface area contributed by atoms with Crippen molar-refractivity contribution in [1.82, 2.24) is 0 Å². The van der Waals surface area contributed by atoms with Crippen molar-refractivity contribution in [3.63, 3.8) is 0 Å². The van der Waals surface area contributed by atoms with Crippen LogP contribution in [-0.2, 0) is 5.41 Å². The highest BCUT2D eigenvalue weighted by Crippen LogP contribution is 2.64. The van der Waals surface area contributed by atoms with E-state index in [-0.39, 0.29) is 0 Å². The lowest BCUT2D eigenvalue weighted by Crippen LogP contribution is -2.26. The molecule has 0 atom stereocenters. The van der Waals surface area contributed by atoms with Gasteiger partial charge < -0.3 is 9.80 Å². The van der Waals surface area contributed by atoms with Crippen molar-refractivity contribution in [3.8, 4) is 22.3 Å². The minimum atomic E-state index is -0.501. The Kier molecular flexibility index (Phi) is 9.96. The van der Waals surface area contributed by atoms with Crippen molar-refractivity contribution >= 4 is 44.9 Å². The molecule has 0 radical (unpaired) electrons. The average molecular weight is 865 g/mol. The summed E-state index contributed by atoms with van der Waals surface area (Å²) in [6.07, 6.45) is 13.3. The van der Waals surface area contributed by atoms with Gasteiger partial charge >= 0.3 is 0 Å². The Bertz CT molecular complexity index is 3200. The fraction of sp³-hybridized carbons (Fsp3) is 0.200. The second-order valence-corrected chi connectivity index (χ2v) is 19.7. The molecule has 0 heterocycles. The molecular weight excluding hydrogens is 809 g/mol. The first-order valence-electron chi connectivity index (χ1n) is 25.1. The van der Waals surface area contributed by atoms with E-state index in [0.29, 0.717) is 11.8 Å². The van der Waals surface area contributed by atoms with Crippen LogP contribution in [0.4, 0.5) is 34.1 Å². The highest BCUT2D eigenvalue weighted by Gasteiger charge is 2.52. The maximum Gasteiger partial charge on any atom is 0.0726 e. The zero-order chi connectivity index (χ0) is 44.3. The van der Waals surface area contributed by atoms with Crippen LogP contribution in [0, 0.1) is 0 Å². The summed E-state index contributed by atoms with van der Waals surface area (Å²) in [5, 5.41) is 2.49. The van der Waals surface area contributed by atoms with Gasteiger partial charge in [-0.1, -0.05) is 160 Å². The van der Waals surface area contributed by atoms with Gasteiger partial charge in [-0.25, -0.2) is 0 Å². The predicted molar refractivity (Wildman–Crippen MR) is 281 cm³/mol. The highest BCUT2D eigenvalue weighted by molar-refractivity contribution is 6.02. The van der Waals surface area contributed by atoms with E-state index in [4.69, 9.17) is 0 Å². The number of para-hydroxylation sites is 2. The first-order valence-corrected chi connectivity index (χ1v) is 25.1. The van der Waals surface area contributed by atoms with Crippen LogP contribution >= 0.6 is 0 Å². The molecule has 0 amide bonds. The SMILES string of the molecule is c1ccc(N(c2ccc(C3CCCCC3)cc2)c2ccc3c(c2)C2(c4ccccc4-c4ccccc42)c2cc4cc(N(c5ccccc5)c5ccc(C6CCCCC6)cc5)ccc4cc2-3)cc1. The van der Waals surface area contributed by atoms with Gasteiger partial charge in [0.15, 0.2) is 0 Å². The van der Waals surface area contributed by atoms with Gasteiger partial charge in [-0.3, -0.25) is 0 Å². The second kappa shape index (κ2) is 16.6. The zero-order valence-corrected chi connectivity index (χ0v) is 38.3. The van der Waals surface area contributed by atoms with Crippen LogP contribution in [0.5, 0.6) is 0 Å². The average Bonchev–Trinajstić information content (AvgIpc) is 3.86. The molecule has 67 heavy (non-hydrogen) atoms. The molecule has 9 aromatic rings. The normalized spacial score (nSPS) is 16.1. The van der Waals surface area contributed by atoms with E-state index in [1.807, 2.05) is 0 Å². The van der Waals surface area contributed by atoms with Gasteiger partial charge in [-0.2, -0.15) is 0 Å². The summed E-state index contributed by atoms with van der Waals surface area (Å²) in [5.41, 5.74) is 20.2. The van der Waals surface area contributed by atoms with Gasteiger partial charge in [0.2, 0.25) is 0 Å². The molecule has 0 aromatic heterocycles. The van der Waals surface area contributed by atoms with Crippen molar-refractivity contribution in [3.05, 3.63) is 240 Å². The molecule has 0 N–H and O–H groups in total. The Morgan fingerprint density at radius 1 is 0.284 bits per heavy atom. The molecule has 326 valence electrons. The van der Waals surface area contributed by atoms with Gasteiger partial charge in [-0.05, 0) is 189 Å². The zero-order valence-electron chi connectivity index (χ0n) is 38.3. The first kappa shape index (κ1) is 40.1. The van der Waals surface area contributed by atoms with Crippen LogP contribution in [0.15, 0.2) is 206 Å². The molecule has 2 fully saturated rings. The van der Waals surface area contributed by atoms with Gasteiger partial charge in [0.1, 0.15) is 0 Å². The van der Waals surface area contributed by atoms with Gasteiger partial charge in [0.05, 0.1) is 5.41 Å². The molecule has 2 nitrogen and oxygen atoms in total. The maximum absolute atomic E-state index is 2.54. The van der Waals surface area contributed by atoms with Gasteiger partial charge in [-0.15, -0.1) is 0 Å². The number of nitrogens with zero attached hydrogens (tertiary/aromatic N) is 2. The van der Waals surface area contributed by atoms with Crippen LogP contribution in [0.25, 0.3) is 33.0 Å². The van der Waals surface area contributed by atoms with Gasteiger partial charge in [0, 0.05) is 34.1 Å². The van der Waals surface area contributed by atoms with E-state index in [1.54, 1.807) is 0 Å². The minimum absolute atomic E-state index is 0.501. The van der Waals surface area contributed by atoms with Gasteiger partial charge in [0.25, 0.3) is 0 Å². The van der Waals surface area contributed by atoms with E-state index in [9.17, 15) is 0 Å².